The van der Waals surface area contributed by atoms with E-state index in [1.165, 1.54) is 6.92 Å². The Morgan fingerprint density at radius 3 is 2.72 bits per heavy atom. The van der Waals surface area contributed by atoms with Crippen molar-refractivity contribution in [2.45, 2.75) is 25.6 Å². The number of nitriles is 1. The van der Waals surface area contributed by atoms with Gasteiger partial charge in [0.25, 0.3) is 0 Å². The summed E-state index contributed by atoms with van der Waals surface area (Å²) in [7, 11) is 0. The molecule has 0 radical (unpaired) electrons. The van der Waals surface area contributed by atoms with Crippen LogP contribution in [0.15, 0.2) is 34.9 Å². The summed E-state index contributed by atoms with van der Waals surface area (Å²) in [5, 5.41) is 12.9. The average molecular weight is 348 g/mol. The SMILES string of the molecule is CCn1ncc(C(=O)[C@H](C#N)c2nc3ccccc3o2)c1C(F)(F)F. The lowest BCUT2D eigenvalue weighted by atomic mass is 9.99. The zero-order chi connectivity index (χ0) is 18.2. The van der Waals surface area contributed by atoms with Crippen LogP contribution in [0.4, 0.5) is 13.2 Å². The molecule has 1 atom stereocenters. The fraction of sp³-hybridized carbons (Fsp3) is 0.250. The fourth-order valence-corrected chi connectivity index (χ4v) is 2.50. The normalized spacial score (nSPS) is 12.9. The van der Waals surface area contributed by atoms with E-state index in [-0.39, 0.29) is 12.4 Å². The van der Waals surface area contributed by atoms with Gasteiger partial charge in [-0.25, -0.2) is 4.98 Å². The van der Waals surface area contributed by atoms with Gasteiger partial charge >= 0.3 is 6.18 Å². The van der Waals surface area contributed by atoms with Crippen LogP contribution in [0, 0.1) is 11.3 Å². The molecule has 0 aliphatic rings. The molecule has 1 aromatic carbocycles. The number of carbonyl (C=O) groups is 1. The van der Waals surface area contributed by atoms with Crippen molar-refractivity contribution in [3.8, 4) is 6.07 Å². The number of oxazole rings is 1. The maximum atomic E-state index is 13.3. The minimum atomic E-state index is -4.78. The van der Waals surface area contributed by atoms with Gasteiger partial charge in [0.1, 0.15) is 5.52 Å². The zero-order valence-corrected chi connectivity index (χ0v) is 12.9. The lowest BCUT2D eigenvalue weighted by Crippen LogP contribution is -2.20. The van der Waals surface area contributed by atoms with E-state index in [2.05, 4.69) is 10.1 Å². The number of ketones is 1. The number of carbonyl (C=O) groups excluding carboxylic acids is 1. The van der Waals surface area contributed by atoms with E-state index >= 15 is 0 Å². The Hall–Kier alpha value is -3.15. The summed E-state index contributed by atoms with van der Waals surface area (Å²) in [6.07, 6.45) is -3.96. The number of aryl methyl sites for hydroxylation is 1. The van der Waals surface area contributed by atoms with Crippen molar-refractivity contribution >= 4 is 16.9 Å². The van der Waals surface area contributed by atoms with E-state index in [9.17, 15) is 23.2 Å². The van der Waals surface area contributed by atoms with Gasteiger partial charge in [0.05, 0.1) is 17.8 Å². The molecule has 9 heteroatoms. The minimum absolute atomic E-state index is 0.0672. The monoisotopic (exact) mass is 348 g/mol. The van der Waals surface area contributed by atoms with Crippen molar-refractivity contribution in [1.29, 1.82) is 5.26 Å². The van der Waals surface area contributed by atoms with Gasteiger partial charge in [0.15, 0.2) is 23.0 Å². The highest BCUT2D eigenvalue weighted by molar-refractivity contribution is 6.03. The van der Waals surface area contributed by atoms with Gasteiger partial charge in [-0.05, 0) is 19.1 Å². The summed E-state index contributed by atoms with van der Waals surface area (Å²) in [5.74, 6) is -2.89. The molecule has 0 aliphatic carbocycles. The molecular weight excluding hydrogens is 337 g/mol. The lowest BCUT2D eigenvalue weighted by molar-refractivity contribution is -0.144. The molecule has 2 aromatic heterocycles. The van der Waals surface area contributed by atoms with Gasteiger partial charge in [-0.1, -0.05) is 12.1 Å². The number of Topliss-reactive ketones (excluding diaryl/α,β-unsaturated/α-hetero) is 1. The highest BCUT2D eigenvalue weighted by atomic mass is 19.4. The Bertz CT molecular complexity index is 948. The summed E-state index contributed by atoms with van der Waals surface area (Å²) in [6.45, 7) is 1.40. The first-order valence-corrected chi connectivity index (χ1v) is 7.29. The van der Waals surface area contributed by atoms with E-state index in [0.29, 0.717) is 15.8 Å². The molecule has 0 spiro atoms. The summed E-state index contributed by atoms with van der Waals surface area (Å²) >= 11 is 0. The largest absolute Gasteiger partial charge is 0.439 e. The number of nitrogens with zero attached hydrogens (tertiary/aromatic N) is 4. The number of rotatable bonds is 4. The number of hydrogen-bond acceptors (Lipinski definition) is 5. The second kappa shape index (κ2) is 6.05. The number of alkyl halides is 3. The van der Waals surface area contributed by atoms with Crippen molar-refractivity contribution < 1.29 is 22.4 Å². The molecule has 0 amide bonds. The van der Waals surface area contributed by atoms with Crippen molar-refractivity contribution in [2.24, 2.45) is 0 Å². The Morgan fingerprint density at radius 1 is 1.40 bits per heavy atom. The highest BCUT2D eigenvalue weighted by Crippen LogP contribution is 2.34. The maximum Gasteiger partial charge on any atom is 0.433 e. The van der Waals surface area contributed by atoms with Crippen LogP contribution in [0.25, 0.3) is 11.1 Å². The molecular formula is C16H11F3N4O2. The van der Waals surface area contributed by atoms with E-state index in [4.69, 9.17) is 4.42 Å². The molecule has 0 N–H and O–H groups in total. The number of fused-ring (bicyclic) bond motifs is 1. The number of benzene rings is 1. The molecule has 0 saturated carbocycles. The van der Waals surface area contributed by atoms with Crippen molar-refractivity contribution in [2.75, 3.05) is 0 Å². The summed E-state index contributed by atoms with van der Waals surface area (Å²) in [6, 6.07) is 8.23. The molecule has 25 heavy (non-hydrogen) atoms. The van der Waals surface area contributed by atoms with E-state index < -0.39 is 29.1 Å². The van der Waals surface area contributed by atoms with Crippen LogP contribution in [0.1, 0.15) is 34.8 Å². The summed E-state index contributed by atoms with van der Waals surface area (Å²) < 4.78 is 45.9. The third kappa shape index (κ3) is 2.87. The standard InChI is InChI=1S/C16H11F3N4O2/c1-2-23-14(16(17,18)19)10(8-21-23)13(24)9(7-20)15-22-11-5-3-4-6-12(11)25-15/h3-6,8-9H,2H2,1H3/t9-/m0/s1. The van der Waals surface area contributed by atoms with Crippen LogP contribution in [0.2, 0.25) is 0 Å². The molecule has 6 nitrogen and oxygen atoms in total. The van der Waals surface area contributed by atoms with Crippen LogP contribution < -0.4 is 0 Å². The fourth-order valence-electron chi connectivity index (χ4n) is 2.50. The van der Waals surface area contributed by atoms with Gasteiger partial charge in [0.2, 0.25) is 5.89 Å². The van der Waals surface area contributed by atoms with Gasteiger partial charge in [-0.3, -0.25) is 9.48 Å². The second-order valence-electron chi connectivity index (χ2n) is 5.17. The maximum absolute atomic E-state index is 13.3. The highest BCUT2D eigenvalue weighted by Gasteiger charge is 2.42. The van der Waals surface area contributed by atoms with Crippen LogP contribution in [0.5, 0.6) is 0 Å². The predicted octanol–water partition coefficient (Wildman–Crippen LogP) is 3.55. The van der Waals surface area contributed by atoms with Gasteiger partial charge in [0, 0.05) is 6.54 Å². The van der Waals surface area contributed by atoms with E-state index in [0.717, 1.165) is 6.20 Å². The molecule has 2 heterocycles. The van der Waals surface area contributed by atoms with Gasteiger partial charge in [-0.2, -0.15) is 23.5 Å². The Morgan fingerprint density at radius 2 is 2.12 bits per heavy atom. The molecule has 0 aliphatic heterocycles. The minimum Gasteiger partial charge on any atom is -0.439 e. The topological polar surface area (TPSA) is 84.7 Å². The molecule has 128 valence electrons. The molecule has 3 aromatic rings. The van der Waals surface area contributed by atoms with Crippen LogP contribution in [0.3, 0.4) is 0 Å². The van der Waals surface area contributed by atoms with E-state index in [1.807, 2.05) is 0 Å². The first-order valence-electron chi connectivity index (χ1n) is 7.29. The smallest absolute Gasteiger partial charge is 0.433 e. The van der Waals surface area contributed by atoms with Crippen LogP contribution in [-0.4, -0.2) is 20.5 Å². The van der Waals surface area contributed by atoms with Crippen LogP contribution >= 0.6 is 0 Å². The zero-order valence-electron chi connectivity index (χ0n) is 12.9. The number of halogens is 3. The van der Waals surface area contributed by atoms with Crippen molar-refractivity contribution in [3.63, 3.8) is 0 Å². The predicted molar refractivity (Wildman–Crippen MR) is 79.6 cm³/mol. The molecule has 0 saturated heterocycles. The Labute approximate surface area is 139 Å². The van der Waals surface area contributed by atoms with Gasteiger partial charge in [-0.15, -0.1) is 0 Å². The first kappa shape index (κ1) is 16.7. The molecule has 0 fully saturated rings. The Kier molecular flexibility index (Phi) is 4.04. The number of para-hydroxylation sites is 2. The number of aromatic nitrogens is 3. The average Bonchev–Trinajstić information content (AvgIpc) is 3.18. The third-order valence-electron chi connectivity index (χ3n) is 3.62. The summed E-state index contributed by atoms with van der Waals surface area (Å²) in [4.78, 5) is 16.6. The molecule has 3 rings (SSSR count). The van der Waals surface area contributed by atoms with E-state index in [1.54, 1.807) is 30.3 Å². The molecule has 0 bridgehead atoms. The van der Waals surface area contributed by atoms with Crippen molar-refractivity contribution in [3.05, 3.63) is 47.6 Å². The molecule has 0 unspecified atom stereocenters. The van der Waals surface area contributed by atoms with Crippen molar-refractivity contribution in [1.82, 2.24) is 14.8 Å². The second-order valence-corrected chi connectivity index (χ2v) is 5.17. The Balaban J connectivity index is 2.07. The quantitative estimate of drug-likeness (QED) is 0.673. The lowest BCUT2D eigenvalue weighted by Gasteiger charge is -2.11. The first-order chi connectivity index (χ1) is 11.9. The summed E-state index contributed by atoms with van der Waals surface area (Å²) in [5.41, 5.74) is -1.11. The number of hydrogen-bond donors (Lipinski definition) is 0. The van der Waals surface area contributed by atoms with Crippen LogP contribution in [-0.2, 0) is 12.7 Å². The third-order valence-corrected chi connectivity index (χ3v) is 3.62. The van der Waals surface area contributed by atoms with Gasteiger partial charge < -0.3 is 4.42 Å².